The molecule has 0 saturated carbocycles. The van der Waals surface area contributed by atoms with E-state index in [1.165, 1.54) is 17.0 Å². The lowest BCUT2D eigenvalue weighted by Crippen LogP contribution is -2.52. The van der Waals surface area contributed by atoms with Crippen molar-refractivity contribution in [1.29, 1.82) is 0 Å². The minimum atomic E-state index is -0.672. The fraction of sp³-hybridized carbons (Fsp3) is 0.417. The molecule has 7 heteroatoms. The number of nitrogens with one attached hydrogen (secondary N) is 1. The first kappa shape index (κ1) is 24.7. The molecular weight excluding hydrogens is 419 g/mol. The number of nitrogens with zero attached hydrogens (tertiary/aromatic N) is 1. The molecule has 0 aromatic heterocycles. The number of benzene rings is 2. The summed E-state index contributed by atoms with van der Waals surface area (Å²) < 4.78 is 18.9. The second-order valence-electron chi connectivity index (χ2n) is 8.47. The van der Waals surface area contributed by atoms with Gasteiger partial charge >= 0.3 is 0 Å². The van der Waals surface area contributed by atoms with E-state index in [0.29, 0.717) is 23.8 Å². The van der Waals surface area contributed by atoms with Crippen LogP contribution in [0.25, 0.3) is 0 Å². The molecule has 2 aromatic carbocycles. The molecule has 2 amide bonds. The molecule has 0 bridgehead atoms. The lowest BCUT2D eigenvalue weighted by Gasteiger charge is -2.31. The molecule has 2 rings (SSSR count). The standard InChI is InChI=1S/C24H30ClFN2O3/c1-17(23(30)27-24(2,3)4)28(16-18-7-11-20(26)12-8-18)22(29)6-5-15-31-21-13-9-19(25)10-14-21/h7-14,17H,5-6,15-16H2,1-4H3,(H,27,30)/t17-/m0/s1. The highest BCUT2D eigenvalue weighted by Gasteiger charge is 2.28. The van der Waals surface area contributed by atoms with Crippen LogP contribution in [0.2, 0.25) is 5.02 Å². The monoisotopic (exact) mass is 448 g/mol. The molecule has 1 atom stereocenters. The Morgan fingerprint density at radius 3 is 2.29 bits per heavy atom. The van der Waals surface area contributed by atoms with Crippen molar-refractivity contribution < 1.29 is 18.7 Å². The second kappa shape index (κ2) is 11.1. The minimum absolute atomic E-state index is 0.166. The molecular formula is C24H30ClFN2O3. The molecule has 0 aliphatic rings. The zero-order valence-electron chi connectivity index (χ0n) is 18.5. The first-order valence-corrected chi connectivity index (χ1v) is 10.7. The summed E-state index contributed by atoms with van der Waals surface area (Å²) in [5, 5.41) is 3.54. The normalized spacial score (nSPS) is 12.2. The number of ether oxygens (including phenoxy) is 1. The Hall–Kier alpha value is -2.60. The third kappa shape index (κ3) is 8.58. The van der Waals surface area contributed by atoms with E-state index in [9.17, 15) is 14.0 Å². The lowest BCUT2D eigenvalue weighted by molar-refractivity contribution is -0.141. The van der Waals surface area contributed by atoms with E-state index in [-0.39, 0.29) is 30.6 Å². The molecule has 0 heterocycles. The predicted molar refractivity (Wildman–Crippen MR) is 120 cm³/mol. The van der Waals surface area contributed by atoms with Gasteiger partial charge in [-0.15, -0.1) is 0 Å². The van der Waals surface area contributed by atoms with Crippen LogP contribution in [0.15, 0.2) is 48.5 Å². The molecule has 0 spiro atoms. The molecule has 2 aromatic rings. The summed E-state index contributed by atoms with van der Waals surface area (Å²) >= 11 is 5.86. The number of carbonyl (C=O) groups excluding carboxylic acids is 2. The fourth-order valence-corrected chi connectivity index (χ4v) is 3.06. The highest BCUT2D eigenvalue weighted by molar-refractivity contribution is 6.30. The molecule has 0 fully saturated rings. The summed E-state index contributed by atoms with van der Waals surface area (Å²) in [4.78, 5) is 27.2. The molecule has 0 radical (unpaired) electrons. The van der Waals surface area contributed by atoms with Gasteiger partial charge in [0, 0.05) is 23.5 Å². The Kier molecular flexibility index (Phi) is 8.87. The highest BCUT2D eigenvalue weighted by Crippen LogP contribution is 2.17. The van der Waals surface area contributed by atoms with Gasteiger partial charge in [0.25, 0.3) is 0 Å². The van der Waals surface area contributed by atoms with Crippen molar-refractivity contribution >= 4 is 23.4 Å². The molecule has 0 aliphatic carbocycles. The van der Waals surface area contributed by atoms with Gasteiger partial charge in [-0.2, -0.15) is 0 Å². The van der Waals surface area contributed by atoms with Gasteiger partial charge in [-0.1, -0.05) is 23.7 Å². The SMILES string of the molecule is C[C@@H](C(=O)NC(C)(C)C)N(Cc1ccc(F)cc1)C(=O)CCCOc1ccc(Cl)cc1. The van der Waals surface area contributed by atoms with Gasteiger partial charge < -0.3 is 15.0 Å². The van der Waals surface area contributed by atoms with Gasteiger partial charge in [-0.05, 0) is 76.1 Å². The van der Waals surface area contributed by atoms with Gasteiger partial charge in [0.15, 0.2) is 0 Å². The number of rotatable bonds is 9. The van der Waals surface area contributed by atoms with Crippen LogP contribution < -0.4 is 10.1 Å². The zero-order chi connectivity index (χ0) is 23.0. The van der Waals surface area contributed by atoms with Gasteiger partial charge in [0.1, 0.15) is 17.6 Å². The molecule has 0 aliphatic heterocycles. The van der Waals surface area contributed by atoms with Gasteiger partial charge in [0.05, 0.1) is 6.61 Å². The largest absolute Gasteiger partial charge is 0.494 e. The molecule has 5 nitrogen and oxygen atoms in total. The summed E-state index contributed by atoms with van der Waals surface area (Å²) in [6.45, 7) is 7.94. The van der Waals surface area contributed by atoms with Crippen molar-refractivity contribution in [2.75, 3.05) is 6.61 Å². The van der Waals surface area contributed by atoms with Crippen molar-refractivity contribution in [3.63, 3.8) is 0 Å². The van der Waals surface area contributed by atoms with Crippen LogP contribution in [-0.2, 0) is 16.1 Å². The Morgan fingerprint density at radius 2 is 1.71 bits per heavy atom. The Morgan fingerprint density at radius 1 is 1.10 bits per heavy atom. The Balaban J connectivity index is 2.01. The second-order valence-corrected chi connectivity index (χ2v) is 8.91. The first-order chi connectivity index (χ1) is 14.5. The zero-order valence-corrected chi connectivity index (χ0v) is 19.2. The van der Waals surface area contributed by atoms with Crippen LogP contribution in [0.1, 0.15) is 46.1 Å². The number of carbonyl (C=O) groups is 2. The van der Waals surface area contributed by atoms with Crippen molar-refractivity contribution in [2.24, 2.45) is 0 Å². The quantitative estimate of drug-likeness (QED) is 0.551. The Bertz CT molecular complexity index is 864. The average Bonchev–Trinajstić information content (AvgIpc) is 2.70. The maximum atomic E-state index is 13.3. The first-order valence-electron chi connectivity index (χ1n) is 10.3. The van der Waals surface area contributed by atoms with Crippen molar-refractivity contribution in [2.45, 2.75) is 58.7 Å². The molecule has 0 saturated heterocycles. The van der Waals surface area contributed by atoms with Crippen LogP contribution in [0, 0.1) is 5.82 Å². The van der Waals surface area contributed by atoms with Gasteiger partial charge in [-0.25, -0.2) is 4.39 Å². The van der Waals surface area contributed by atoms with Crippen LogP contribution in [-0.4, -0.2) is 34.9 Å². The fourth-order valence-electron chi connectivity index (χ4n) is 2.93. The van der Waals surface area contributed by atoms with Crippen molar-refractivity contribution in [3.8, 4) is 5.75 Å². The number of halogens is 2. The van der Waals surface area contributed by atoms with E-state index in [1.54, 1.807) is 43.3 Å². The third-order valence-corrected chi connectivity index (χ3v) is 4.80. The summed E-state index contributed by atoms with van der Waals surface area (Å²) in [5.41, 5.74) is 0.338. The topological polar surface area (TPSA) is 58.6 Å². The smallest absolute Gasteiger partial charge is 0.242 e. The van der Waals surface area contributed by atoms with Crippen LogP contribution in [0.5, 0.6) is 5.75 Å². The predicted octanol–water partition coefficient (Wildman–Crippen LogP) is 4.97. The number of amides is 2. The average molecular weight is 449 g/mol. The van der Waals surface area contributed by atoms with Crippen molar-refractivity contribution in [1.82, 2.24) is 10.2 Å². The van der Waals surface area contributed by atoms with Crippen LogP contribution in [0.4, 0.5) is 4.39 Å². The van der Waals surface area contributed by atoms with Gasteiger partial charge in [0.2, 0.25) is 11.8 Å². The number of hydrogen-bond donors (Lipinski definition) is 1. The summed E-state index contributed by atoms with van der Waals surface area (Å²) in [6.07, 6.45) is 0.719. The molecule has 0 unspecified atom stereocenters. The third-order valence-electron chi connectivity index (χ3n) is 4.55. The van der Waals surface area contributed by atoms with Crippen LogP contribution in [0.3, 0.4) is 0 Å². The molecule has 1 N–H and O–H groups in total. The van der Waals surface area contributed by atoms with Crippen LogP contribution >= 0.6 is 11.6 Å². The van der Waals surface area contributed by atoms with E-state index >= 15 is 0 Å². The maximum absolute atomic E-state index is 13.3. The minimum Gasteiger partial charge on any atom is -0.494 e. The van der Waals surface area contributed by atoms with Gasteiger partial charge in [-0.3, -0.25) is 9.59 Å². The van der Waals surface area contributed by atoms with Crippen molar-refractivity contribution in [3.05, 3.63) is 64.9 Å². The van der Waals surface area contributed by atoms with E-state index in [2.05, 4.69) is 5.32 Å². The lowest BCUT2D eigenvalue weighted by atomic mass is 10.1. The van der Waals surface area contributed by atoms with E-state index in [0.717, 1.165) is 5.56 Å². The Labute approximate surface area is 188 Å². The van der Waals surface area contributed by atoms with E-state index in [4.69, 9.17) is 16.3 Å². The number of hydrogen-bond acceptors (Lipinski definition) is 3. The van der Waals surface area contributed by atoms with E-state index in [1.807, 2.05) is 20.8 Å². The summed E-state index contributed by atoms with van der Waals surface area (Å²) in [5.74, 6) is -0.0709. The molecule has 168 valence electrons. The van der Waals surface area contributed by atoms with E-state index < -0.39 is 11.6 Å². The maximum Gasteiger partial charge on any atom is 0.242 e. The molecule has 31 heavy (non-hydrogen) atoms. The summed E-state index contributed by atoms with van der Waals surface area (Å²) in [6, 6.07) is 12.3. The highest BCUT2D eigenvalue weighted by atomic mass is 35.5. The summed E-state index contributed by atoms with van der Waals surface area (Å²) in [7, 11) is 0.